The van der Waals surface area contributed by atoms with Gasteiger partial charge < -0.3 is 9.68 Å². The molecule has 3 rings (SSSR count). The summed E-state index contributed by atoms with van der Waals surface area (Å²) >= 11 is 0. The number of benzene rings is 1. The summed E-state index contributed by atoms with van der Waals surface area (Å²) in [5.41, 5.74) is 0.462. The van der Waals surface area contributed by atoms with Gasteiger partial charge in [-0.2, -0.15) is 5.90 Å². The van der Waals surface area contributed by atoms with Crippen molar-refractivity contribution in [1.82, 2.24) is 0 Å². The van der Waals surface area contributed by atoms with Crippen LogP contribution in [0.3, 0.4) is 0 Å². The Morgan fingerprint density at radius 1 is 1.65 bits per heavy atom. The molecular formula is C10H10BFNO4+. The summed E-state index contributed by atoms with van der Waals surface area (Å²) in [5.74, 6) is 1.62. The van der Waals surface area contributed by atoms with E-state index in [4.69, 9.17) is 4.65 Å². The topological polar surface area (TPSA) is 83.4 Å². The summed E-state index contributed by atoms with van der Waals surface area (Å²) in [4.78, 5) is 15.7. The molecule has 0 spiro atoms. The highest BCUT2D eigenvalue weighted by Gasteiger charge is 2.54. The predicted octanol–water partition coefficient (Wildman–Crippen LogP) is -0.130. The Balaban J connectivity index is 2.15. The van der Waals surface area contributed by atoms with Gasteiger partial charge in [-0.15, -0.1) is 0 Å². The lowest BCUT2D eigenvalue weighted by molar-refractivity contribution is -0.653. The van der Waals surface area contributed by atoms with Gasteiger partial charge in [-0.05, 0) is 24.0 Å². The zero-order valence-electron chi connectivity index (χ0n) is 8.85. The Bertz CT molecular complexity index is 509. The van der Waals surface area contributed by atoms with Gasteiger partial charge in [0.15, 0.2) is 0 Å². The van der Waals surface area contributed by atoms with Crippen LogP contribution in [0.5, 0.6) is 5.75 Å². The minimum atomic E-state index is -0.981. The first-order valence-corrected chi connectivity index (χ1v) is 5.27. The van der Waals surface area contributed by atoms with E-state index in [1.165, 1.54) is 6.07 Å². The van der Waals surface area contributed by atoms with Gasteiger partial charge in [0.1, 0.15) is 17.1 Å². The highest BCUT2D eigenvalue weighted by Crippen LogP contribution is 2.60. The lowest BCUT2D eigenvalue weighted by atomic mass is 9.77. The van der Waals surface area contributed by atoms with E-state index in [1.54, 1.807) is 6.07 Å². The van der Waals surface area contributed by atoms with E-state index in [2.05, 4.69) is 10.7 Å². The van der Waals surface area contributed by atoms with Crippen LogP contribution in [-0.2, 0) is 4.84 Å². The van der Waals surface area contributed by atoms with Crippen molar-refractivity contribution < 1.29 is 29.6 Å². The summed E-state index contributed by atoms with van der Waals surface area (Å²) in [6, 6.07) is 2.79. The quantitative estimate of drug-likeness (QED) is 0.527. The molecule has 5 nitrogen and oxygen atoms in total. The minimum absolute atomic E-state index is 0.0524. The molecule has 0 saturated heterocycles. The summed E-state index contributed by atoms with van der Waals surface area (Å²) in [6.07, 6.45) is 0.790. The van der Waals surface area contributed by atoms with Gasteiger partial charge >= 0.3 is 13.1 Å². The number of hydrogen-bond donors (Lipinski definition) is 2. The van der Waals surface area contributed by atoms with Crippen molar-refractivity contribution in [3.63, 3.8) is 0 Å². The Morgan fingerprint density at radius 3 is 3.12 bits per heavy atom. The summed E-state index contributed by atoms with van der Waals surface area (Å²) in [6.45, 7) is 0. The van der Waals surface area contributed by atoms with Crippen molar-refractivity contribution in [1.29, 1.82) is 0 Å². The molecule has 1 heterocycles. The van der Waals surface area contributed by atoms with Gasteiger partial charge in [-0.25, -0.2) is 9.18 Å². The monoisotopic (exact) mass is 238 g/mol. The molecule has 2 aliphatic rings. The van der Waals surface area contributed by atoms with Gasteiger partial charge in [0, 0.05) is 5.82 Å². The van der Waals surface area contributed by atoms with E-state index in [0.29, 0.717) is 0 Å². The average Bonchev–Trinajstić information content (AvgIpc) is 3.09. The van der Waals surface area contributed by atoms with Crippen molar-refractivity contribution in [2.45, 2.75) is 18.2 Å². The average molecular weight is 238 g/mol. The number of hydrogen-bond acceptors (Lipinski definition) is 4. The minimum Gasteiger partial charge on any atom is -0.535 e. The Hall–Kier alpha value is -1.60. The van der Waals surface area contributed by atoms with E-state index < -0.39 is 18.9 Å². The lowest BCUT2D eigenvalue weighted by Crippen LogP contribution is -2.51. The SMILES string of the molecule is [NH3+]OC(=O)c1c(F)ccc2c1OB(O)C1CC21. The molecule has 0 amide bonds. The van der Waals surface area contributed by atoms with Crippen LogP contribution < -0.4 is 10.6 Å². The number of quaternary nitrogens is 1. The normalized spacial score (nSPS) is 24.5. The first-order chi connectivity index (χ1) is 8.13. The van der Waals surface area contributed by atoms with Crippen LogP contribution in [0, 0.1) is 5.82 Å². The fourth-order valence-electron chi connectivity index (χ4n) is 2.35. The van der Waals surface area contributed by atoms with Gasteiger partial charge in [-0.1, -0.05) is 6.07 Å². The van der Waals surface area contributed by atoms with E-state index >= 15 is 0 Å². The third kappa shape index (κ3) is 1.43. The fourth-order valence-corrected chi connectivity index (χ4v) is 2.35. The number of fused-ring (bicyclic) bond motifs is 3. The van der Waals surface area contributed by atoms with E-state index in [9.17, 15) is 14.2 Å². The molecular weight excluding hydrogens is 228 g/mol. The molecule has 7 heteroatoms. The van der Waals surface area contributed by atoms with Crippen LogP contribution >= 0.6 is 0 Å². The van der Waals surface area contributed by atoms with E-state index in [1.807, 2.05) is 0 Å². The van der Waals surface area contributed by atoms with E-state index in [-0.39, 0.29) is 23.0 Å². The van der Waals surface area contributed by atoms with Gasteiger partial charge in [0.05, 0.1) is 0 Å². The van der Waals surface area contributed by atoms with Gasteiger partial charge in [0.2, 0.25) is 0 Å². The van der Waals surface area contributed by atoms with Gasteiger partial charge in [-0.3, -0.25) is 4.84 Å². The number of halogens is 1. The molecule has 4 N–H and O–H groups in total. The number of carbonyl (C=O) groups is 1. The van der Waals surface area contributed by atoms with Crippen molar-refractivity contribution in [2.24, 2.45) is 0 Å². The zero-order chi connectivity index (χ0) is 12.2. The Morgan fingerprint density at radius 2 is 2.41 bits per heavy atom. The molecule has 0 bridgehead atoms. The fraction of sp³-hybridized carbons (Fsp3) is 0.300. The number of rotatable bonds is 1. The molecule has 1 aliphatic carbocycles. The molecule has 2 unspecified atom stereocenters. The van der Waals surface area contributed by atoms with Crippen LogP contribution in [0.25, 0.3) is 0 Å². The third-order valence-corrected chi connectivity index (χ3v) is 3.32. The largest absolute Gasteiger partial charge is 0.535 e. The van der Waals surface area contributed by atoms with Crippen LogP contribution in [0.2, 0.25) is 5.82 Å². The van der Waals surface area contributed by atoms with Crippen molar-refractivity contribution in [3.05, 3.63) is 29.1 Å². The predicted molar refractivity (Wildman–Crippen MR) is 54.4 cm³/mol. The van der Waals surface area contributed by atoms with Crippen LogP contribution in [0.1, 0.15) is 28.3 Å². The van der Waals surface area contributed by atoms with Crippen LogP contribution in [-0.4, -0.2) is 18.1 Å². The smallest absolute Gasteiger partial charge is 0.526 e. The Labute approximate surface area is 96.4 Å². The summed E-state index contributed by atoms with van der Waals surface area (Å²) < 4.78 is 18.8. The van der Waals surface area contributed by atoms with Crippen LogP contribution in [0.15, 0.2) is 12.1 Å². The molecule has 88 valence electrons. The first kappa shape index (κ1) is 10.6. The molecule has 1 aromatic carbocycles. The second kappa shape index (κ2) is 3.45. The van der Waals surface area contributed by atoms with E-state index in [0.717, 1.165) is 12.0 Å². The maximum absolute atomic E-state index is 13.6. The second-order valence-electron chi connectivity index (χ2n) is 4.29. The molecule has 17 heavy (non-hydrogen) atoms. The molecule has 0 radical (unpaired) electrons. The zero-order valence-corrected chi connectivity index (χ0v) is 8.85. The molecule has 2 atom stereocenters. The van der Waals surface area contributed by atoms with Crippen molar-refractivity contribution in [2.75, 3.05) is 0 Å². The summed E-state index contributed by atoms with van der Waals surface area (Å²) in [5, 5.41) is 9.62. The van der Waals surface area contributed by atoms with Crippen molar-refractivity contribution >= 4 is 13.1 Å². The molecule has 0 aromatic heterocycles. The molecule has 1 fully saturated rings. The molecule has 1 aliphatic heterocycles. The maximum atomic E-state index is 13.6. The maximum Gasteiger partial charge on any atom is 0.526 e. The first-order valence-electron chi connectivity index (χ1n) is 5.27. The van der Waals surface area contributed by atoms with Crippen LogP contribution in [0.4, 0.5) is 4.39 Å². The van der Waals surface area contributed by atoms with Gasteiger partial charge in [0.25, 0.3) is 0 Å². The lowest BCUT2D eigenvalue weighted by Gasteiger charge is -2.21. The molecule has 1 aromatic rings. The molecule has 1 saturated carbocycles. The van der Waals surface area contributed by atoms with Crippen molar-refractivity contribution in [3.8, 4) is 5.75 Å². The standard InChI is InChI=1S/C10H10BFNO4/c12-7-2-1-4-5-3-6(5)11(15)16-9(4)8(7)10(14)17-13/h1-2,5-6,15H,3H2,13H3/q+1. The highest BCUT2D eigenvalue weighted by atomic mass is 19.1. The number of carbonyl (C=O) groups excluding carboxylic acids is 1. The second-order valence-corrected chi connectivity index (χ2v) is 4.29. The highest BCUT2D eigenvalue weighted by molar-refractivity contribution is 6.48. The Kier molecular flexibility index (Phi) is 2.14. The summed E-state index contributed by atoms with van der Waals surface area (Å²) in [7, 11) is -0.981. The third-order valence-electron chi connectivity index (χ3n) is 3.32.